The zero-order valence-corrected chi connectivity index (χ0v) is 20.5. The molecule has 0 saturated heterocycles. The molecule has 0 fully saturated rings. The minimum absolute atomic E-state index is 0.0687. The lowest BCUT2D eigenvalue weighted by atomic mass is 9.69. The predicted molar refractivity (Wildman–Crippen MR) is 124 cm³/mol. The normalized spacial score (nSPS) is 22.6. The van der Waals surface area contributed by atoms with Gasteiger partial charge in [-0.1, -0.05) is 36.2 Å². The summed E-state index contributed by atoms with van der Waals surface area (Å²) in [5, 5.41) is 3.85. The molecule has 1 aliphatic heterocycles. The monoisotopic (exact) mass is 495 g/mol. The van der Waals surface area contributed by atoms with Crippen molar-refractivity contribution >= 4 is 40.9 Å². The number of ketones is 1. The molecule has 1 aromatic rings. The first-order chi connectivity index (χ1) is 15.7. The average molecular weight is 496 g/mol. The van der Waals surface area contributed by atoms with Gasteiger partial charge in [0.15, 0.2) is 5.78 Å². The summed E-state index contributed by atoms with van der Waals surface area (Å²) >= 11 is 12.4. The zero-order valence-electron chi connectivity index (χ0n) is 19.0. The van der Waals surface area contributed by atoms with E-state index in [1.165, 1.54) is 7.11 Å². The topological polar surface area (TPSA) is 90.9 Å². The summed E-state index contributed by atoms with van der Waals surface area (Å²) in [5.41, 5.74) is 2.45. The number of esters is 2. The van der Waals surface area contributed by atoms with E-state index in [1.54, 1.807) is 25.1 Å². The van der Waals surface area contributed by atoms with Crippen molar-refractivity contribution in [3.05, 3.63) is 56.3 Å². The number of carbonyl (C=O) groups is 3. The van der Waals surface area contributed by atoms with Crippen LogP contribution < -0.4 is 5.32 Å². The number of nitrogens with one attached hydrogen (secondary N) is 1. The number of benzene rings is 1. The van der Waals surface area contributed by atoms with Crippen LogP contribution in [0.2, 0.25) is 10.0 Å². The highest BCUT2D eigenvalue weighted by atomic mass is 35.5. The lowest BCUT2D eigenvalue weighted by Crippen LogP contribution is -2.43. The molecule has 3 atom stereocenters. The molecule has 1 heterocycles. The Kier molecular flexibility index (Phi) is 8.21. The number of allylic oxidation sites excluding steroid dienone is 3. The molecular weight excluding hydrogens is 469 g/mol. The van der Waals surface area contributed by atoms with Crippen LogP contribution in [0.4, 0.5) is 0 Å². The zero-order chi connectivity index (χ0) is 24.3. The number of carbonyl (C=O) groups excluding carboxylic acids is 3. The largest absolute Gasteiger partial charge is 0.468 e. The number of dihydropyridines is 1. The Morgan fingerprint density at radius 1 is 1.18 bits per heavy atom. The third kappa shape index (κ3) is 5.10. The van der Waals surface area contributed by atoms with Gasteiger partial charge in [-0.3, -0.25) is 9.59 Å². The second kappa shape index (κ2) is 10.7. The van der Waals surface area contributed by atoms with E-state index >= 15 is 0 Å². The number of hydrogen-bond donors (Lipinski definition) is 1. The van der Waals surface area contributed by atoms with Crippen LogP contribution in [0.3, 0.4) is 0 Å². The third-order valence-electron chi connectivity index (χ3n) is 5.90. The lowest BCUT2D eigenvalue weighted by Gasteiger charge is -2.38. The Hall–Kier alpha value is -2.35. The molecule has 0 bridgehead atoms. The van der Waals surface area contributed by atoms with Crippen LogP contribution in [-0.2, 0) is 28.6 Å². The van der Waals surface area contributed by atoms with Crippen molar-refractivity contribution in [2.24, 2.45) is 11.8 Å². The molecule has 2 aliphatic rings. The first kappa shape index (κ1) is 25.3. The van der Waals surface area contributed by atoms with Crippen molar-refractivity contribution in [2.75, 3.05) is 26.9 Å². The van der Waals surface area contributed by atoms with E-state index in [0.717, 1.165) is 0 Å². The van der Waals surface area contributed by atoms with E-state index in [0.29, 0.717) is 40.6 Å². The van der Waals surface area contributed by atoms with Crippen LogP contribution in [-0.4, -0.2) is 44.7 Å². The summed E-state index contributed by atoms with van der Waals surface area (Å²) in [7, 11) is 1.26. The average Bonchev–Trinajstić information content (AvgIpc) is 2.77. The molecule has 0 amide bonds. The van der Waals surface area contributed by atoms with Gasteiger partial charge in [0.25, 0.3) is 0 Å². The molecule has 1 aromatic carbocycles. The summed E-state index contributed by atoms with van der Waals surface area (Å²) in [4.78, 5) is 39.2. The molecule has 9 heteroatoms. The smallest absolute Gasteiger partial charge is 0.336 e. The van der Waals surface area contributed by atoms with E-state index in [1.807, 2.05) is 13.8 Å². The Morgan fingerprint density at radius 3 is 2.55 bits per heavy atom. The number of hydrogen-bond acceptors (Lipinski definition) is 7. The van der Waals surface area contributed by atoms with Gasteiger partial charge in [-0.25, -0.2) is 4.79 Å². The van der Waals surface area contributed by atoms with Crippen molar-refractivity contribution in [3.8, 4) is 0 Å². The molecule has 0 radical (unpaired) electrons. The van der Waals surface area contributed by atoms with E-state index in [-0.39, 0.29) is 35.5 Å². The molecule has 7 nitrogen and oxygen atoms in total. The van der Waals surface area contributed by atoms with E-state index in [4.69, 9.17) is 37.4 Å². The van der Waals surface area contributed by atoms with Crippen molar-refractivity contribution in [1.82, 2.24) is 5.32 Å². The molecule has 0 unspecified atom stereocenters. The fourth-order valence-corrected chi connectivity index (χ4v) is 4.70. The van der Waals surface area contributed by atoms with Gasteiger partial charge in [-0.05, 0) is 43.9 Å². The Bertz CT molecular complexity index is 1030. The predicted octanol–water partition coefficient (Wildman–Crippen LogP) is 4.19. The molecule has 0 spiro atoms. The van der Waals surface area contributed by atoms with Crippen LogP contribution in [0.1, 0.15) is 38.7 Å². The first-order valence-electron chi connectivity index (χ1n) is 10.7. The highest BCUT2D eigenvalue weighted by Crippen LogP contribution is 2.46. The molecule has 0 aromatic heterocycles. The fourth-order valence-electron chi connectivity index (χ4n) is 4.39. The maximum Gasteiger partial charge on any atom is 0.336 e. The first-order valence-corrected chi connectivity index (χ1v) is 11.5. The highest BCUT2D eigenvalue weighted by molar-refractivity contribution is 6.42. The fraction of sp³-hybridized carbons (Fsp3) is 0.458. The summed E-state index contributed by atoms with van der Waals surface area (Å²) in [6.45, 7) is 6.27. The summed E-state index contributed by atoms with van der Waals surface area (Å²) < 4.78 is 15.6. The van der Waals surface area contributed by atoms with Crippen LogP contribution in [0.5, 0.6) is 0 Å². The van der Waals surface area contributed by atoms with Gasteiger partial charge in [-0.15, -0.1) is 0 Å². The minimum atomic E-state index is -0.963. The molecule has 3 rings (SSSR count). The van der Waals surface area contributed by atoms with Gasteiger partial charge in [-0.2, -0.15) is 0 Å². The standard InChI is InChI=1S/C24H27Cl2NO6/c1-5-32-8-9-33-24(30)19-13(3)27-17-10-12(2)18(23(29)31-4)22(28)21(17)20(19)14-6-7-15(25)16(26)11-14/h6-7,11-12,18,20,27H,5,8-10H2,1-4H3/t12-,18-,20+/m1/s1. The van der Waals surface area contributed by atoms with Crippen molar-refractivity contribution in [2.45, 2.75) is 33.1 Å². The second-order valence-electron chi connectivity index (χ2n) is 8.04. The summed E-state index contributed by atoms with van der Waals surface area (Å²) in [6, 6.07) is 4.96. The SMILES string of the molecule is CCOCCOC(=O)C1=C(C)NC2=C(C(=O)[C@H](C(=O)OC)[C@H](C)C2)[C@H]1c1ccc(Cl)c(Cl)c1. The number of ether oxygens (including phenoxy) is 3. The molecule has 178 valence electrons. The summed E-state index contributed by atoms with van der Waals surface area (Å²) in [6.07, 6.45) is 0.447. The van der Waals surface area contributed by atoms with E-state index in [9.17, 15) is 14.4 Å². The highest BCUT2D eigenvalue weighted by Gasteiger charge is 2.47. The van der Waals surface area contributed by atoms with Crippen LogP contribution >= 0.6 is 23.2 Å². The van der Waals surface area contributed by atoms with Gasteiger partial charge in [0.2, 0.25) is 0 Å². The molecule has 1 aliphatic carbocycles. The van der Waals surface area contributed by atoms with Crippen molar-refractivity contribution < 1.29 is 28.6 Å². The minimum Gasteiger partial charge on any atom is -0.468 e. The number of halogens is 2. The Labute approximate surface area is 203 Å². The molecule has 33 heavy (non-hydrogen) atoms. The second-order valence-corrected chi connectivity index (χ2v) is 8.86. The Morgan fingerprint density at radius 2 is 1.91 bits per heavy atom. The van der Waals surface area contributed by atoms with Gasteiger partial charge >= 0.3 is 11.9 Å². The van der Waals surface area contributed by atoms with E-state index < -0.39 is 23.8 Å². The van der Waals surface area contributed by atoms with Crippen LogP contribution in [0.25, 0.3) is 0 Å². The number of Topliss-reactive ketones (excluding diaryl/α,β-unsaturated/α-hetero) is 1. The summed E-state index contributed by atoms with van der Waals surface area (Å²) in [5.74, 6) is -3.57. The van der Waals surface area contributed by atoms with Crippen molar-refractivity contribution in [3.63, 3.8) is 0 Å². The van der Waals surface area contributed by atoms with Crippen LogP contribution in [0, 0.1) is 11.8 Å². The van der Waals surface area contributed by atoms with Gasteiger partial charge in [0.05, 0.1) is 29.3 Å². The van der Waals surface area contributed by atoms with E-state index in [2.05, 4.69) is 5.32 Å². The Balaban J connectivity index is 2.10. The van der Waals surface area contributed by atoms with Crippen molar-refractivity contribution in [1.29, 1.82) is 0 Å². The van der Waals surface area contributed by atoms with Gasteiger partial charge < -0.3 is 19.5 Å². The van der Waals surface area contributed by atoms with Gasteiger partial charge in [0, 0.05) is 29.5 Å². The maximum absolute atomic E-state index is 13.6. The van der Waals surface area contributed by atoms with Crippen LogP contribution in [0.15, 0.2) is 40.7 Å². The number of rotatable bonds is 7. The third-order valence-corrected chi connectivity index (χ3v) is 6.64. The maximum atomic E-state index is 13.6. The number of methoxy groups -OCH3 is 1. The molecule has 0 saturated carbocycles. The van der Waals surface area contributed by atoms with Gasteiger partial charge in [0.1, 0.15) is 12.5 Å². The molecular formula is C24H27Cl2NO6. The quantitative estimate of drug-likeness (QED) is 0.344. The lowest BCUT2D eigenvalue weighted by molar-refractivity contribution is -0.151. The molecule has 1 N–H and O–H groups in total.